The highest BCUT2D eigenvalue weighted by molar-refractivity contribution is 7.90. The minimum Gasteiger partial charge on any atom is -0.397 e. The van der Waals surface area contributed by atoms with Crippen molar-refractivity contribution >= 4 is 43.0 Å². The third-order valence-electron chi connectivity index (χ3n) is 5.18. The highest BCUT2D eigenvalue weighted by Crippen LogP contribution is 2.42. The third kappa shape index (κ3) is 3.24. The van der Waals surface area contributed by atoms with Crippen LogP contribution in [0.15, 0.2) is 29.2 Å². The van der Waals surface area contributed by atoms with Crippen LogP contribution in [0.3, 0.4) is 0 Å². The zero-order valence-corrected chi connectivity index (χ0v) is 17.3. The number of benzene rings is 1. The highest BCUT2D eigenvalue weighted by atomic mass is 32.2. The first kappa shape index (κ1) is 18.8. The summed E-state index contributed by atoms with van der Waals surface area (Å²) in [6.45, 7) is 3.79. The summed E-state index contributed by atoms with van der Waals surface area (Å²) in [6, 6.07) is 6.84. The van der Waals surface area contributed by atoms with Crippen LogP contribution in [-0.2, 0) is 9.84 Å². The zero-order chi connectivity index (χ0) is 20.2. The van der Waals surface area contributed by atoms with Crippen molar-refractivity contribution in [1.82, 2.24) is 15.5 Å². The number of sulfone groups is 1. The van der Waals surface area contributed by atoms with Crippen molar-refractivity contribution in [3.63, 3.8) is 0 Å². The topological polar surface area (TPSA) is 115 Å². The Balaban J connectivity index is 1.51. The van der Waals surface area contributed by atoms with E-state index in [0.29, 0.717) is 20.3 Å². The van der Waals surface area contributed by atoms with Crippen molar-refractivity contribution in [3.05, 3.63) is 46.0 Å². The fraction of sp³-hybridized carbons (Fsp3) is 0.316. The van der Waals surface area contributed by atoms with Gasteiger partial charge in [-0.15, -0.1) is 16.4 Å². The van der Waals surface area contributed by atoms with Gasteiger partial charge in [0.25, 0.3) is 5.91 Å². The van der Waals surface area contributed by atoms with Crippen LogP contribution >= 0.6 is 11.3 Å². The summed E-state index contributed by atoms with van der Waals surface area (Å²) in [4.78, 5) is 14.1. The van der Waals surface area contributed by atoms with E-state index in [2.05, 4.69) is 15.5 Å². The Hall–Kier alpha value is -2.52. The molecule has 3 aromatic rings. The second kappa shape index (κ2) is 6.52. The molecule has 3 N–H and O–H groups in total. The maximum atomic E-state index is 12.7. The number of carbonyl (C=O) groups is 1. The molecule has 9 heteroatoms. The molecule has 1 amide bonds. The van der Waals surface area contributed by atoms with E-state index in [1.54, 1.807) is 12.1 Å². The molecule has 0 unspecified atom stereocenters. The van der Waals surface area contributed by atoms with Gasteiger partial charge in [0, 0.05) is 23.6 Å². The number of carbonyl (C=O) groups excluding carboxylic acids is 1. The van der Waals surface area contributed by atoms with Gasteiger partial charge in [-0.3, -0.25) is 4.79 Å². The highest BCUT2D eigenvalue weighted by Gasteiger charge is 2.40. The van der Waals surface area contributed by atoms with Crippen molar-refractivity contribution in [2.24, 2.45) is 0 Å². The first-order valence-corrected chi connectivity index (χ1v) is 11.5. The summed E-state index contributed by atoms with van der Waals surface area (Å²) < 4.78 is 23.1. The summed E-state index contributed by atoms with van der Waals surface area (Å²) in [5.74, 6) is -0.0326. The number of hydrogen-bond acceptors (Lipinski definition) is 7. The standard InChI is InChI=1S/C19H20N4O3S2/c1-9-10(2)22-23-19-15(9)16(20)17(27-19)18(24)21-14-8-13(14)11-4-6-12(7-5-11)28(3,25)26/h4-7,13-14H,8,20H2,1-3H3,(H,21,24)/t13-,14+/m0/s1. The predicted octanol–water partition coefficient (Wildman–Crippen LogP) is 2.58. The summed E-state index contributed by atoms with van der Waals surface area (Å²) in [5.41, 5.74) is 9.43. The molecular weight excluding hydrogens is 396 g/mol. The molecule has 146 valence electrons. The van der Waals surface area contributed by atoms with E-state index >= 15 is 0 Å². The maximum absolute atomic E-state index is 12.7. The molecule has 0 saturated heterocycles. The Morgan fingerprint density at radius 2 is 1.89 bits per heavy atom. The molecular formula is C19H20N4O3S2. The van der Waals surface area contributed by atoms with Gasteiger partial charge in [0.05, 0.1) is 16.3 Å². The lowest BCUT2D eigenvalue weighted by molar-refractivity contribution is 0.0955. The van der Waals surface area contributed by atoms with Gasteiger partial charge in [-0.05, 0) is 43.5 Å². The van der Waals surface area contributed by atoms with Crippen molar-refractivity contribution < 1.29 is 13.2 Å². The molecule has 2 aromatic heterocycles. The zero-order valence-electron chi connectivity index (χ0n) is 15.7. The molecule has 28 heavy (non-hydrogen) atoms. The molecule has 7 nitrogen and oxygen atoms in total. The lowest BCUT2D eigenvalue weighted by Gasteiger charge is -2.05. The van der Waals surface area contributed by atoms with Gasteiger partial charge >= 0.3 is 0 Å². The number of nitrogen functional groups attached to an aromatic ring is 1. The van der Waals surface area contributed by atoms with Crippen molar-refractivity contribution in [3.8, 4) is 0 Å². The normalized spacial score (nSPS) is 19.0. The van der Waals surface area contributed by atoms with Gasteiger partial charge < -0.3 is 11.1 Å². The smallest absolute Gasteiger partial charge is 0.263 e. The van der Waals surface area contributed by atoms with Gasteiger partial charge in [-0.25, -0.2) is 8.42 Å². The van der Waals surface area contributed by atoms with Gasteiger partial charge in [0.1, 0.15) is 9.71 Å². The second-order valence-electron chi connectivity index (χ2n) is 7.20. The molecule has 2 heterocycles. The van der Waals surface area contributed by atoms with Crippen LogP contribution in [0, 0.1) is 13.8 Å². The summed E-state index contributed by atoms with van der Waals surface area (Å²) >= 11 is 1.25. The molecule has 1 fully saturated rings. The van der Waals surface area contributed by atoms with Crippen LogP contribution in [0.4, 0.5) is 5.69 Å². The monoisotopic (exact) mass is 416 g/mol. The van der Waals surface area contributed by atoms with E-state index in [1.165, 1.54) is 17.6 Å². The number of aromatic nitrogens is 2. The fourth-order valence-corrected chi connectivity index (χ4v) is 4.96. The number of aryl methyl sites for hydroxylation is 2. The van der Waals surface area contributed by atoms with Crippen LogP contribution in [0.2, 0.25) is 0 Å². The van der Waals surface area contributed by atoms with Crippen molar-refractivity contribution in [2.75, 3.05) is 12.0 Å². The van der Waals surface area contributed by atoms with Gasteiger partial charge in [-0.2, -0.15) is 5.10 Å². The molecule has 0 bridgehead atoms. The number of nitrogens with zero attached hydrogens (tertiary/aromatic N) is 2. The molecule has 1 aromatic carbocycles. The number of nitrogens with one attached hydrogen (secondary N) is 1. The minimum atomic E-state index is -3.21. The minimum absolute atomic E-state index is 0.00936. The van der Waals surface area contributed by atoms with Crippen LogP contribution in [0.25, 0.3) is 10.2 Å². The molecule has 1 aliphatic rings. The number of nitrogens with two attached hydrogens (primary N) is 1. The molecule has 1 saturated carbocycles. The summed E-state index contributed by atoms with van der Waals surface area (Å²) in [6.07, 6.45) is 2.00. The first-order valence-electron chi connectivity index (χ1n) is 8.79. The number of amides is 1. The average molecular weight is 417 g/mol. The van der Waals surface area contributed by atoms with Crippen LogP contribution < -0.4 is 11.1 Å². The maximum Gasteiger partial charge on any atom is 0.263 e. The Morgan fingerprint density at radius 1 is 1.21 bits per heavy atom. The van der Waals surface area contributed by atoms with Crippen molar-refractivity contribution in [2.45, 2.75) is 37.1 Å². The van der Waals surface area contributed by atoms with Gasteiger partial charge in [-0.1, -0.05) is 12.1 Å². The molecule has 0 radical (unpaired) electrons. The summed E-state index contributed by atoms with van der Waals surface area (Å²) in [7, 11) is -3.21. The lowest BCUT2D eigenvalue weighted by Crippen LogP contribution is -2.26. The molecule has 2 atom stereocenters. The van der Waals surface area contributed by atoms with E-state index in [1.807, 2.05) is 26.0 Å². The Kier molecular flexibility index (Phi) is 4.39. The lowest BCUT2D eigenvalue weighted by atomic mass is 10.1. The number of anilines is 1. The Bertz CT molecular complexity index is 1200. The number of rotatable bonds is 4. The van der Waals surface area contributed by atoms with Crippen LogP contribution in [0.5, 0.6) is 0 Å². The van der Waals surface area contributed by atoms with Crippen molar-refractivity contribution in [1.29, 1.82) is 0 Å². The van der Waals surface area contributed by atoms with Crippen LogP contribution in [-0.4, -0.2) is 36.8 Å². The van der Waals surface area contributed by atoms with Gasteiger partial charge in [0.2, 0.25) is 0 Å². The van der Waals surface area contributed by atoms with E-state index in [4.69, 9.17) is 5.73 Å². The SMILES string of the molecule is Cc1nnc2sc(C(=O)N[C@@H]3C[C@H]3c3ccc(S(C)(=O)=O)cc3)c(N)c2c1C. The third-order valence-corrected chi connectivity index (χ3v) is 7.40. The summed E-state index contributed by atoms with van der Waals surface area (Å²) in [5, 5.41) is 12.1. The largest absolute Gasteiger partial charge is 0.397 e. The Labute approximate surface area is 166 Å². The molecule has 0 spiro atoms. The molecule has 4 rings (SSSR count). The number of hydrogen-bond donors (Lipinski definition) is 2. The predicted molar refractivity (Wildman–Crippen MR) is 109 cm³/mol. The first-order chi connectivity index (χ1) is 13.2. The average Bonchev–Trinajstić information content (AvgIpc) is 3.31. The molecule has 1 aliphatic carbocycles. The number of thiophene rings is 1. The quantitative estimate of drug-likeness (QED) is 0.675. The van der Waals surface area contributed by atoms with E-state index < -0.39 is 9.84 Å². The fourth-order valence-electron chi connectivity index (χ4n) is 3.33. The van der Waals surface area contributed by atoms with E-state index in [-0.39, 0.29) is 17.9 Å². The van der Waals surface area contributed by atoms with E-state index in [9.17, 15) is 13.2 Å². The molecule has 0 aliphatic heterocycles. The van der Waals surface area contributed by atoms with Crippen LogP contribution in [0.1, 0.15) is 38.8 Å². The number of fused-ring (bicyclic) bond motifs is 1. The van der Waals surface area contributed by atoms with E-state index in [0.717, 1.165) is 28.6 Å². The second-order valence-corrected chi connectivity index (χ2v) is 10.2. The Morgan fingerprint density at radius 3 is 2.54 bits per heavy atom. The van der Waals surface area contributed by atoms with Gasteiger partial charge in [0.15, 0.2) is 9.84 Å².